The van der Waals surface area contributed by atoms with E-state index in [4.69, 9.17) is 4.74 Å². The van der Waals surface area contributed by atoms with Gasteiger partial charge in [-0.25, -0.2) is 0 Å². The van der Waals surface area contributed by atoms with Crippen molar-refractivity contribution in [1.82, 2.24) is 10.2 Å². The molecular formula is C12H13N3O2S. The molecule has 0 aliphatic carbocycles. The van der Waals surface area contributed by atoms with Crippen LogP contribution in [0.5, 0.6) is 5.75 Å². The fourth-order valence-electron chi connectivity index (χ4n) is 1.38. The van der Waals surface area contributed by atoms with E-state index in [0.29, 0.717) is 10.9 Å². The smallest absolute Gasteiger partial charge is 0.266 e. The molecule has 2 aromatic rings. The van der Waals surface area contributed by atoms with E-state index in [1.807, 2.05) is 31.2 Å². The van der Waals surface area contributed by atoms with Crippen LogP contribution in [-0.2, 0) is 4.79 Å². The minimum atomic E-state index is -0.587. The van der Waals surface area contributed by atoms with Gasteiger partial charge in [-0.1, -0.05) is 23.5 Å². The fourth-order valence-corrected chi connectivity index (χ4v) is 1.83. The second-order valence-electron chi connectivity index (χ2n) is 3.81. The normalized spacial score (nSPS) is 11.9. The van der Waals surface area contributed by atoms with Crippen molar-refractivity contribution in [1.29, 1.82) is 0 Å². The van der Waals surface area contributed by atoms with Gasteiger partial charge in [0, 0.05) is 0 Å². The maximum Gasteiger partial charge on any atom is 0.266 e. The van der Waals surface area contributed by atoms with Gasteiger partial charge in [0.25, 0.3) is 5.91 Å². The minimum Gasteiger partial charge on any atom is -0.481 e. The number of carbonyl (C=O) groups excluding carboxylic acids is 1. The van der Waals surface area contributed by atoms with Crippen molar-refractivity contribution < 1.29 is 9.53 Å². The van der Waals surface area contributed by atoms with Gasteiger partial charge in [0.1, 0.15) is 11.3 Å². The predicted molar refractivity (Wildman–Crippen MR) is 69.8 cm³/mol. The third kappa shape index (κ3) is 3.27. The van der Waals surface area contributed by atoms with Crippen molar-refractivity contribution in [2.45, 2.75) is 20.0 Å². The Kier molecular flexibility index (Phi) is 3.88. The van der Waals surface area contributed by atoms with E-state index in [9.17, 15) is 4.79 Å². The summed E-state index contributed by atoms with van der Waals surface area (Å²) in [5.74, 6) is 0.433. The first-order chi connectivity index (χ1) is 8.65. The molecule has 1 aromatic carbocycles. The summed E-state index contributed by atoms with van der Waals surface area (Å²) in [5.41, 5.74) is 2.64. The molecule has 18 heavy (non-hydrogen) atoms. The fraction of sp³-hybridized carbons (Fsp3) is 0.250. The predicted octanol–water partition coefficient (Wildman–Crippen LogP) is 2.25. The Hall–Kier alpha value is -1.95. The first-order valence-electron chi connectivity index (χ1n) is 5.45. The largest absolute Gasteiger partial charge is 0.481 e. The van der Waals surface area contributed by atoms with E-state index < -0.39 is 6.10 Å². The van der Waals surface area contributed by atoms with Gasteiger partial charge in [-0.3, -0.25) is 10.1 Å². The zero-order valence-corrected chi connectivity index (χ0v) is 10.9. The third-order valence-corrected chi connectivity index (χ3v) is 2.87. The maximum absolute atomic E-state index is 11.8. The molecule has 1 aromatic heterocycles. The van der Waals surface area contributed by atoms with Crippen LogP contribution in [0.4, 0.5) is 5.13 Å². The Morgan fingerprint density at radius 3 is 3.00 bits per heavy atom. The van der Waals surface area contributed by atoms with E-state index in [1.165, 1.54) is 11.3 Å². The highest BCUT2D eigenvalue weighted by Gasteiger charge is 2.15. The Morgan fingerprint density at radius 2 is 2.33 bits per heavy atom. The van der Waals surface area contributed by atoms with Crippen molar-refractivity contribution in [3.63, 3.8) is 0 Å². The molecule has 0 saturated heterocycles. The number of amides is 1. The van der Waals surface area contributed by atoms with Crippen molar-refractivity contribution >= 4 is 22.4 Å². The van der Waals surface area contributed by atoms with E-state index in [2.05, 4.69) is 15.5 Å². The Labute approximate surface area is 109 Å². The summed E-state index contributed by atoms with van der Waals surface area (Å²) in [6, 6.07) is 7.56. The number of hydrogen-bond donors (Lipinski definition) is 1. The van der Waals surface area contributed by atoms with Crippen LogP contribution in [0.15, 0.2) is 29.8 Å². The van der Waals surface area contributed by atoms with Gasteiger partial charge in [-0.05, 0) is 31.5 Å². The number of nitrogens with one attached hydrogen (secondary N) is 1. The van der Waals surface area contributed by atoms with Gasteiger partial charge < -0.3 is 4.74 Å². The molecule has 1 heterocycles. The molecule has 0 aliphatic heterocycles. The van der Waals surface area contributed by atoms with Crippen molar-refractivity contribution in [2.75, 3.05) is 5.32 Å². The molecule has 0 radical (unpaired) electrons. The average Bonchev–Trinajstić information content (AvgIpc) is 2.81. The summed E-state index contributed by atoms with van der Waals surface area (Å²) in [7, 11) is 0. The van der Waals surface area contributed by atoms with Crippen LogP contribution < -0.4 is 10.1 Å². The summed E-state index contributed by atoms with van der Waals surface area (Å²) in [4.78, 5) is 11.8. The molecule has 0 unspecified atom stereocenters. The van der Waals surface area contributed by atoms with Crippen LogP contribution in [0, 0.1) is 6.92 Å². The molecule has 0 spiro atoms. The number of aromatic nitrogens is 2. The number of nitrogens with zero attached hydrogens (tertiary/aromatic N) is 2. The highest BCUT2D eigenvalue weighted by molar-refractivity contribution is 7.13. The van der Waals surface area contributed by atoms with Crippen molar-refractivity contribution in [2.24, 2.45) is 0 Å². The summed E-state index contributed by atoms with van der Waals surface area (Å²) >= 11 is 1.27. The summed E-state index contributed by atoms with van der Waals surface area (Å²) in [6.07, 6.45) is -0.587. The first kappa shape index (κ1) is 12.5. The maximum atomic E-state index is 11.8. The average molecular weight is 263 g/mol. The SMILES string of the molecule is Cc1cccc(O[C@@H](C)C(=O)Nc2nncs2)c1. The van der Waals surface area contributed by atoms with Crippen molar-refractivity contribution in [3.05, 3.63) is 35.3 Å². The minimum absolute atomic E-state index is 0.242. The quantitative estimate of drug-likeness (QED) is 0.919. The molecule has 1 atom stereocenters. The van der Waals surface area contributed by atoms with Crippen LogP contribution in [0.3, 0.4) is 0 Å². The lowest BCUT2D eigenvalue weighted by atomic mass is 10.2. The standard InChI is InChI=1S/C12H13N3O2S/c1-8-4-3-5-10(6-8)17-9(2)11(16)14-12-15-13-7-18-12/h3-7,9H,1-2H3,(H,14,15,16)/t9-/m0/s1. The topological polar surface area (TPSA) is 64.1 Å². The molecule has 6 heteroatoms. The second kappa shape index (κ2) is 5.59. The molecule has 0 fully saturated rings. The summed E-state index contributed by atoms with van der Waals surface area (Å²) in [6.45, 7) is 3.66. The molecule has 94 valence electrons. The summed E-state index contributed by atoms with van der Waals surface area (Å²) < 4.78 is 5.55. The lowest BCUT2D eigenvalue weighted by Gasteiger charge is -2.13. The number of hydrogen-bond acceptors (Lipinski definition) is 5. The molecule has 2 rings (SSSR count). The molecule has 1 amide bonds. The number of benzene rings is 1. The monoisotopic (exact) mass is 263 g/mol. The molecule has 0 saturated carbocycles. The highest BCUT2D eigenvalue weighted by Crippen LogP contribution is 2.15. The summed E-state index contributed by atoms with van der Waals surface area (Å²) in [5, 5.41) is 10.5. The van der Waals surface area contributed by atoms with Gasteiger partial charge in [-0.15, -0.1) is 10.2 Å². The van der Waals surface area contributed by atoms with Gasteiger partial charge in [0.05, 0.1) is 0 Å². The zero-order chi connectivity index (χ0) is 13.0. The van der Waals surface area contributed by atoms with E-state index in [0.717, 1.165) is 5.56 Å². The number of ether oxygens (including phenoxy) is 1. The van der Waals surface area contributed by atoms with E-state index in [1.54, 1.807) is 12.4 Å². The Morgan fingerprint density at radius 1 is 1.50 bits per heavy atom. The van der Waals surface area contributed by atoms with Gasteiger partial charge in [-0.2, -0.15) is 0 Å². The number of aryl methyl sites for hydroxylation is 1. The second-order valence-corrected chi connectivity index (χ2v) is 4.64. The number of anilines is 1. The molecule has 0 aliphatic rings. The third-order valence-electron chi connectivity index (χ3n) is 2.26. The highest BCUT2D eigenvalue weighted by atomic mass is 32.1. The van der Waals surface area contributed by atoms with Crippen LogP contribution in [0.25, 0.3) is 0 Å². The molecule has 5 nitrogen and oxygen atoms in total. The Bertz CT molecular complexity index is 528. The van der Waals surface area contributed by atoms with Crippen LogP contribution in [0.2, 0.25) is 0 Å². The lowest BCUT2D eigenvalue weighted by molar-refractivity contribution is -0.122. The lowest BCUT2D eigenvalue weighted by Crippen LogP contribution is -2.30. The molecule has 1 N–H and O–H groups in total. The number of carbonyl (C=O) groups is 1. The van der Waals surface area contributed by atoms with Crippen LogP contribution >= 0.6 is 11.3 Å². The van der Waals surface area contributed by atoms with Crippen LogP contribution in [0.1, 0.15) is 12.5 Å². The number of rotatable bonds is 4. The zero-order valence-electron chi connectivity index (χ0n) is 10.1. The van der Waals surface area contributed by atoms with Crippen LogP contribution in [-0.4, -0.2) is 22.2 Å². The molecular weight excluding hydrogens is 250 g/mol. The first-order valence-corrected chi connectivity index (χ1v) is 6.33. The van der Waals surface area contributed by atoms with Gasteiger partial charge in [0.2, 0.25) is 5.13 Å². The van der Waals surface area contributed by atoms with E-state index in [-0.39, 0.29) is 5.91 Å². The molecule has 0 bridgehead atoms. The van der Waals surface area contributed by atoms with Gasteiger partial charge >= 0.3 is 0 Å². The van der Waals surface area contributed by atoms with Crippen molar-refractivity contribution in [3.8, 4) is 5.75 Å². The van der Waals surface area contributed by atoms with E-state index >= 15 is 0 Å². The van der Waals surface area contributed by atoms with Gasteiger partial charge in [0.15, 0.2) is 6.10 Å². The Balaban J connectivity index is 1.95.